The SMILES string of the molecule is C=CC[C@@H]1OC(C)(C)O[C@@H]1[C@H](C)/C(F)=C\[C@@H](C)C(C)C.CC(C)[C@H](C)/C=C(/F)[C@@H](C)[C@H]1OC(C)(C)O[C@H]1CC=O. The standard InChI is InChI=1S/C17H29FO2.C16H27FO3/c1-8-9-15-16(20-17(6,7)19-15)13(5)14(18)10-12(4)11(2)3;1-10(2)11(3)9-13(17)12(4)15-14(7-8-18)19-16(5,6)20-15/h8,10-13,15-16H,1,9H2,2-7H3;8-12,14-15H,7H2,1-6H3/b14-10+;13-9+/t12-,13-,15+,16-;11-,12-,14+,15-/m11/s1. The molecule has 0 aromatic rings. The first-order valence-corrected chi connectivity index (χ1v) is 14.9. The summed E-state index contributed by atoms with van der Waals surface area (Å²) in [6.45, 7) is 27.0. The highest BCUT2D eigenvalue weighted by Crippen LogP contribution is 2.38. The zero-order valence-electron chi connectivity index (χ0n) is 27.0. The van der Waals surface area contributed by atoms with Crippen LogP contribution in [0.4, 0.5) is 8.78 Å². The topological polar surface area (TPSA) is 54.0 Å². The van der Waals surface area contributed by atoms with Crippen LogP contribution in [0.1, 0.15) is 95.9 Å². The molecule has 8 atom stereocenters. The maximum Gasteiger partial charge on any atom is 0.163 e. The van der Waals surface area contributed by atoms with Crippen molar-refractivity contribution in [1.29, 1.82) is 0 Å². The van der Waals surface area contributed by atoms with Gasteiger partial charge in [-0.1, -0.05) is 61.5 Å². The van der Waals surface area contributed by atoms with Crippen molar-refractivity contribution >= 4 is 6.29 Å². The summed E-state index contributed by atoms with van der Waals surface area (Å²) in [6.07, 6.45) is 5.66. The molecule has 0 bridgehead atoms. The van der Waals surface area contributed by atoms with Crippen molar-refractivity contribution in [1.82, 2.24) is 0 Å². The van der Waals surface area contributed by atoms with Gasteiger partial charge in [0.1, 0.15) is 17.9 Å². The molecular formula is C33H56F2O5. The molecule has 2 aliphatic rings. The summed E-state index contributed by atoms with van der Waals surface area (Å²) < 4.78 is 52.0. The second kappa shape index (κ2) is 15.7. The molecule has 2 aliphatic heterocycles. The van der Waals surface area contributed by atoms with E-state index in [9.17, 15) is 13.6 Å². The summed E-state index contributed by atoms with van der Waals surface area (Å²) in [5.74, 6) is -1.24. The van der Waals surface area contributed by atoms with Crippen LogP contribution in [0.15, 0.2) is 36.5 Å². The predicted octanol–water partition coefficient (Wildman–Crippen LogP) is 8.74. The summed E-state index contributed by atoms with van der Waals surface area (Å²) >= 11 is 0. The highest BCUT2D eigenvalue weighted by molar-refractivity contribution is 5.50. The van der Waals surface area contributed by atoms with Gasteiger partial charge in [-0.25, -0.2) is 8.78 Å². The van der Waals surface area contributed by atoms with Crippen LogP contribution in [-0.2, 0) is 23.7 Å². The van der Waals surface area contributed by atoms with E-state index < -0.39 is 23.6 Å². The molecule has 0 aliphatic carbocycles. The largest absolute Gasteiger partial charge is 0.344 e. The Kier molecular flexibility index (Phi) is 14.4. The lowest BCUT2D eigenvalue weighted by atomic mass is 9.92. The first kappa shape index (κ1) is 36.6. The lowest BCUT2D eigenvalue weighted by Gasteiger charge is -2.23. The van der Waals surface area contributed by atoms with Gasteiger partial charge in [0.2, 0.25) is 0 Å². The van der Waals surface area contributed by atoms with Gasteiger partial charge in [-0.05, 0) is 69.9 Å². The molecule has 0 aromatic heterocycles. The monoisotopic (exact) mass is 570 g/mol. The highest BCUT2D eigenvalue weighted by atomic mass is 19.1. The molecule has 0 amide bonds. The maximum absolute atomic E-state index is 14.4. The molecule has 0 N–H and O–H groups in total. The van der Waals surface area contributed by atoms with E-state index in [-0.39, 0.29) is 54.1 Å². The van der Waals surface area contributed by atoms with Crippen LogP contribution in [-0.4, -0.2) is 42.3 Å². The molecule has 0 aromatic carbocycles. The molecule has 0 radical (unpaired) electrons. The molecule has 0 unspecified atom stereocenters. The molecule has 0 spiro atoms. The van der Waals surface area contributed by atoms with Gasteiger partial charge in [-0.15, -0.1) is 6.58 Å². The summed E-state index contributed by atoms with van der Waals surface area (Å²) in [4.78, 5) is 10.7. The third kappa shape index (κ3) is 11.1. The fourth-order valence-corrected chi connectivity index (χ4v) is 4.70. The van der Waals surface area contributed by atoms with E-state index in [1.807, 2.05) is 34.6 Å². The van der Waals surface area contributed by atoms with Crippen LogP contribution < -0.4 is 0 Å². The van der Waals surface area contributed by atoms with Gasteiger partial charge < -0.3 is 23.7 Å². The third-order valence-electron chi connectivity index (χ3n) is 7.97. The Morgan fingerprint density at radius 2 is 1.05 bits per heavy atom. The quantitative estimate of drug-likeness (QED) is 0.173. The van der Waals surface area contributed by atoms with Crippen molar-refractivity contribution in [2.45, 2.75) is 132 Å². The number of carbonyl (C=O) groups is 1. The lowest BCUT2D eigenvalue weighted by molar-refractivity contribution is -0.150. The van der Waals surface area contributed by atoms with E-state index in [4.69, 9.17) is 18.9 Å². The van der Waals surface area contributed by atoms with Crippen LogP contribution in [0.2, 0.25) is 0 Å². The van der Waals surface area contributed by atoms with E-state index in [1.165, 1.54) is 0 Å². The average molecular weight is 571 g/mol. The second-order valence-corrected chi connectivity index (χ2v) is 13.1. The minimum Gasteiger partial charge on any atom is -0.344 e. The molecule has 2 rings (SSSR count). The number of aldehydes is 1. The summed E-state index contributed by atoms with van der Waals surface area (Å²) in [5, 5.41) is 0. The van der Waals surface area contributed by atoms with Gasteiger partial charge in [-0.2, -0.15) is 0 Å². The predicted molar refractivity (Wildman–Crippen MR) is 158 cm³/mol. The number of rotatable bonds is 12. The Hall–Kier alpha value is -1.41. The molecule has 40 heavy (non-hydrogen) atoms. The molecule has 2 heterocycles. The van der Waals surface area contributed by atoms with E-state index in [0.29, 0.717) is 18.3 Å². The molecule has 232 valence electrons. The molecule has 7 heteroatoms. The number of halogens is 2. The number of allylic oxidation sites excluding steroid dienone is 2. The third-order valence-corrected chi connectivity index (χ3v) is 7.97. The maximum atomic E-state index is 14.4. The van der Waals surface area contributed by atoms with Gasteiger partial charge in [0.15, 0.2) is 11.6 Å². The Bertz CT molecular complexity index is 793. The number of ether oxygens (including phenoxy) is 4. The van der Waals surface area contributed by atoms with Crippen molar-refractivity contribution in [3.8, 4) is 0 Å². The fraction of sp³-hybridized carbons (Fsp3) is 0.788. The normalized spacial score (nSPS) is 29.5. The minimum atomic E-state index is -0.767. The number of carbonyl (C=O) groups excluding carboxylic acids is 1. The van der Waals surface area contributed by atoms with Crippen molar-refractivity contribution in [2.75, 3.05) is 0 Å². The fourth-order valence-electron chi connectivity index (χ4n) is 4.70. The van der Waals surface area contributed by atoms with Gasteiger partial charge in [-0.3, -0.25) is 0 Å². The lowest BCUT2D eigenvalue weighted by Crippen LogP contribution is -2.30. The Labute approximate surface area is 242 Å². The Balaban J connectivity index is 0.000000400. The van der Waals surface area contributed by atoms with Crippen molar-refractivity contribution in [3.05, 3.63) is 36.5 Å². The van der Waals surface area contributed by atoms with Gasteiger partial charge >= 0.3 is 0 Å². The van der Waals surface area contributed by atoms with Crippen LogP contribution in [0.3, 0.4) is 0 Å². The zero-order valence-corrected chi connectivity index (χ0v) is 27.0. The molecule has 2 fully saturated rings. The van der Waals surface area contributed by atoms with E-state index >= 15 is 0 Å². The number of hydrogen-bond donors (Lipinski definition) is 0. The Morgan fingerprint density at radius 1 is 0.700 bits per heavy atom. The van der Waals surface area contributed by atoms with Crippen LogP contribution >= 0.6 is 0 Å². The smallest absolute Gasteiger partial charge is 0.163 e. The van der Waals surface area contributed by atoms with Crippen LogP contribution in [0, 0.1) is 35.5 Å². The van der Waals surface area contributed by atoms with Crippen LogP contribution in [0.25, 0.3) is 0 Å². The van der Waals surface area contributed by atoms with Gasteiger partial charge in [0.05, 0.1) is 24.4 Å². The molecular weight excluding hydrogens is 514 g/mol. The zero-order chi connectivity index (χ0) is 31.0. The van der Waals surface area contributed by atoms with E-state index in [1.54, 1.807) is 39.0 Å². The van der Waals surface area contributed by atoms with Crippen LogP contribution in [0.5, 0.6) is 0 Å². The molecule has 2 saturated heterocycles. The summed E-state index contributed by atoms with van der Waals surface area (Å²) in [5.41, 5.74) is 0. The summed E-state index contributed by atoms with van der Waals surface area (Å²) in [7, 11) is 0. The van der Waals surface area contributed by atoms with Crippen molar-refractivity contribution in [3.63, 3.8) is 0 Å². The highest BCUT2D eigenvalue weighted by Gasteiger charge is 2.45. The number of hydrogen-bond acceptors (Lipinski definition) is 5. The second-order valence-electron chi connectivity index (χ2n) is 13.1. The molecule has 0 saturated carbocycles. The first-order chi connectivity index (χ1) is 18.4. The van der Waals surface area contributed by atoms with Gasteiger partial charge in [0, 0.05) is 18.3 Å². The minimum absolute atomic E-state index is 0.105. The van der Waals surface area contributed by atoms with E-state index in [2.05, 4.69) is 34.3 Å². The van der Waals surface area contributed by atoms with Gasteiger partial charge in [0.25, 0.3) is 0 Å². The first-order valence-electron chi connectivity index (χ1n) is 14.9. The van der Waals surface area contributed by atoms with E-state index in [0.717, 1.165) is 6.29 Å². The van der Waals surface area contributed by atoms with Crippen molar-refractivity contribution in [2.24, 2.45) is 35.5 Å². The van der Waals surface area contributed by atoms with Crippen molar-refractivity contribution < 1.29 is 32.5 Å². The Morgan fingerprint density at radius 3 is 1.35 bits per heavy atom. The molecule has 5 nitrogen and oxygen atoms in total. The summed E-state index contributed by atoms with van der Waals surface area (Å²) in [6, 6.07) is 0. The average Bonchev–Trinajstić information content (AvgIpc) is 3.32.